The lowest BCUT2D eigenvalue weighted by Crippen LogP contribution is -2.53. The van der Waals surface area contributed by atoms with Crippen LogP contribution in [0.3, 0.4) is 0 Å². The van der Waals surface area contributed by atoms with Gasteiger partial charge in [-0.15, -0.1) is 0 Å². The molecule has 0 unspecified atom stereocenters. The summed E-state index contributed by atoms with van der Waals surface area (Å²) in [6.07, 6.45) is 2.15. The van der Waals surface area contributed by atoms with E-state index in [1.165, 1.54) is 19.1 Å². The smallest absolute Gasteiger partial charge is 0.449 e. The minimum absolute atomic E-state index is 0.0686. The number of benzene rings is 2. The second kappa shape index (κ2) is 16.1. The van der Waals surface area contributed by atoms with Crippen LogP contribution in [0.1, 0.15) is 67.9 Å². The number of nitro groups is 1. The topological polar surface area (TPSA) is 228 Å². The molecule has 0 bridgehead atoms. The van der Waals surface area contributed by atoms with Crippen molar-refractivity contribution in [2.24, 2.45) is 5.92 Å². The van der Waals surface area contributed by atoms with Gasteiger partial charge in [0.25, 0.3) is 17.5 Å². The molecule has 250 valence electrons. The molecule has 1 heterocycles. The average Bonchev–Trinajstić information content (AvgIpc) is 3.32. The first kappa shape index (κ1) is 35.9. The summed E-state index contributed by atoms with van der Waals surface area (Å²) in [5.74, 6) is -3.43. The molecule has 0 spiro atoms. The van der Waals surface area contributed by atoms with Crippen LogP contribution in [0.2, 0.25) is 0 Å². The van der Waals surface area contributed by atoms with Gasteiger partial charge in [-0.3, -0.25) is 39.0 Å². The molecule has 47 heavy (non-hydrogen) atoms. The molecule has 15 heteroatoms. The van der Waals surface area contributed by atoms with Gasteiger partial charge in [0.15, 0.2) is 5.78 Å². The molecule has 1 aliphatic rings. The zero-order valence-corrected chi connectivity index (χ0v) is 26.2. The summed E-state index contributed by atoms with van der Waals surface area (Å²) >= 11 is 0. The van der Waals surface area contributed by atoms with Gasteiger partial charge >= 0.3 is 6.16 Å². The highest BCUT2D eigenvalue weighted by atomic mass is 16.7. The number of nitrogens with two attached hydrogens (primary N) is 1. The third kappa shape index (κ3) is 9.69. The Kier molecular flexibility index (Phi) is 12.3. The molecule has 0 radical (unpaired) electrons. The quantitative estimate of drug-likeness (QED) is 0.0301. The Hall–Kier alpha value is -5.60. The fourth-order valence-electron chi connectivity index (χ4n) is 5.00. The largest absolute Gasteiger partial charge is 0.511 e. The summed E-state index contributed by atoms with van der Waals surface area (Å²) in [5.41, 5.74) is 5.64. The van der Waals surface area contributed by atoms with Crippen LogP contribution < -0.4 is 21.1 Å². The van der Waals surface area contributed by atoms with E-state index in [0.29, 0.717) is 30.5 Å². The van der Waals surface area contributed by atoms with Crippen LogP contribution in [0, 0.1) is 16.0 Å². The maximum atomic E-state index is 13.8. The van der Waals surface area contributed by atoms with E-state index in [-0.39, 0.29) is 42.5 Å². The minimum atomic E-state index is -1.69. The number of ketones is 1. The molecule has 0 aromatic heterocycles. The Morgan fingerprint density at radius 1 is 0.957 bits per heavy atom. The number of nitrogens with zero attached hydrogens (tertiary/aromatic N) is 2. The van der Waals surface area contributed by atoms with Gasteiger partial charge in [-0.2, -0.15) is 0 Å². The van der Waals surface area contributed by atoms with E-state index in [1.54, 1.807) is 38.1 Å². The van der Waals surface area contributed by atoms with Crippen LogP contribution in [0.5, 0.6) is 5.75 Å². The number of anilines is 1. The standard InChI is InChI=1S/C32H37N5O10/c1-18(2)29(35-25(38)7-5-4-6-16-36-26(39)14-15-27(36)40)31(42)34-19(3)30(41)28-22(17-20-8-10-21(33)11-9-20)24(47-32(43)44)13-12-23(28)37(45)46/h8-15,18-19,29H,4-7,16-17,33H2,1-3H3,(H,34,42)(H,35,38)(H,43,44)/t19-,29-/m0/s1. The molecule has 0 fully saturated rings. The van der Waals surface area contributed by atoms with Crippen LogP contribution in [-0.4, -0.2) is 69.1 Å². The van der Waals surface area contributed by atoms with Crippen molar-refractivity contribution >= 4 is 46.9 Å². The molecule has 5 N–H and O–H groups in total. The third-order valence-electron chi connectivity index (χ3n) is 7.45. The number of nitrogens with one attached hydrogen (secondary N) is 2. The maximum absolute atomic E-state index is 13.8. The number of hydrogen-bond acceptors (Lipinski definition) is 10. The summed E-state index contributed by atoms with van der Waals surface area (Å²) in [5, 5.41) is 26.5. The highest BCUT2D eigenvalue weighted by Gasteiger charge is 2.33. The van der Waals surface area contributed by atoms with Crippen molar-refractivity contribution in [3.8, 4) is 5.75 Å². The van der Waals surface area contributed by atoms with E-state index in [9.17, 15) is 44.0 Å². The fourth-order valence-corrected chi connectivity index (χ4v) is 5.00. The molecular weight excluding hydrogens is 614 g/mol. The van der Waals surface area contributed by atoms with Gasteiger partial charge in [-0.25, -0.2) is 4.79 Å². The zero-order chi connectivity index (χ0) is 34.8. The predicted octanol–water partition coefficient (Wildman–Crippen LogP) is 3.14. The summed E-state index contributed by atoms with van der Waals surface area (Å²) in [6.45, 7) is 4.95. The number of Topliss-reactive ketones (excluding diaryl/α,β-unsaturated/α-hetero) is 1. The van der Waals surface area contributed by atoms with E-state index in [0.717, 1.165) is 17.0 Å². The van der Waals surface area contributed by atoms with Gasteiger partial charge in [0, 0.05) is 48.9 Å². The van der Waals surface area contributed by atoms with Crippen molar-refractivity contribution in [2.45, 2.75) is 65.0 Å². The van der Waals surface area contributed by atoms with Crippen molar-refractivity contribution < 1.29 is 43.5 Å². The molecule has 3 rings (SSSR count). The fraction of sp³-hybridized carbons (Fsp3) is 0.375. The number of nitrogen functional groups attached to an aromatic ring is 1. The molecule has 0 aliphatic carbocycles. The first-order valence-corrected chi connectivity index (χ1v) is 14.9. The van der Waals surface area contributed by atoms with Crippen LogP contribution >= 0.6 is 0 Å². The van der Waals surface area contributed by atoms with Gasteiger partial charge in [-0.1, -0.05) is 32.4 Å². The Labute approximate surface area is 270 Å². The molecule has 2 aromatic rings. The van der Waals surface area contributed by atoms with Crippen molar-refractivity contribution in [1.29, 1.82) is 0 Å². The number of carbonyl (C=O) groups is 6. The van der Waals surface area contributed by atoms with Gasteiger partial charge in [-0.05, 0) is 49.4 Å². The Morgan fingerprint density at radius 3 is 2.17 bits per heavy atom. The normalized spacial score (nSPS) is 13.7. The number of carboxylic acid groups (broad SMARTS) is 1. The number of unbranched alkanes of at least 4 members (excludes halogenated alkanes) is 2. The highest BCUT2D eigenvalue weighted by Crippen LogP contribution is 2.34. The van der Waals surface area contributed by atoms with Gasteiger partial charge in [0.2, 0.25) is 11.8 Å². The van der Waals surface area contributed by atoms with E-state index >= 15 is 0 Å². The van der Waals surface area contributed by atoms with Crippen molar-refractivity contribution in [3.05, 3.63) is 75.4 Å². The molecule has 0 saturated carbocycles. The number of imide groups is 1. The average molecular weight is 652 g/mol. The number of amides is 4. The predicted molar refractivity (Wildman–Crippen MR) is 168 cm³/mol. The molecule has 1 aliphatic heterocycles. The molecule has 0 saturated heterocycles. The van der Waals surface area contributed by atoms with E-state index < -0.39 is 57.9 Å². The van der Waals surface area contributed by atoms with Crippen LogP contribution in [0.25, 0.3) is 0 Å². The second-order valence-electron chi connectivity index (χ2n) is 11.3. The van der Waals surface area contributed by atoms with Crippen LogP contribution in [0.4, 0.5) is 16.2 Å². The highest BCUT2D eigenvalue weighted by molar-refractivity contribution is 6.12. The number of nitro benzene ring substituents is 1. The summed E-state index contributed by atoms with van der Waals surface area (Å²) in [7, 11) is 0. The van der Waals surface area contributed by atoms with Gasteiger partial charge in [0.1, 0.15) is 17.4 Å². The molecule has 4 amide bonds. The van der Waals surface area contributed by atoms with Crippen molar-refractivity contribution in [3.63, 3.8) is 0 Å². The van der Waals surface area contributed by atoms with Crippen LogP contribution in [0.15, 0.2) is 48.6 Å². The zero-order valence-electron chi connectivity index (χ0n) is 26.2. The molecular formula is C32H37N5O10. The van der Waals surface area contributed by atoms with Crippen molar-refractivity contribution in [1.82, 2.24) is 15.5 Å². The first-order valence-electron chi connectivity index (χ1n) is 14.9. The van der Waals surface area contributed by atoms with E-state index in [1.807, 2.05) is 0 Å². The summed E-state index contributed by atoms with van der Waals surface area (Å²) < 4.78 is 4.87. The van der Waals surface area contributed by atoms with Gasteiger partial charge in [0.05, 0.1) is 11.0 Å². The van der Waals surface area contributed by atoms with E-state index in [4.69, 9.17) is 10.5 Å². The Morgan fingerprint density at radius 2 is 1.60 bits per heavy atom. The maximum Gasteiger partial charge on any atom is 0.511 e. The number of rotatable bonds is 16. The minimum Gasteiger partial charge on any atom is -0.449 e. The van der Waals surface area contributed by atoms with Crippen LogP contribution in [-0.2, 0) is 25.6 Å². The van der Waals surface area contributed by atoms with Crippen molar-refractivity contribution in [2.75, 3.05) is 12.3 Å². The number of hydrogen-bond donors (Lipinski definition) is 4. The lowest BCUT2D eigenvalue weighted by atomic mass is 9.92. The lowest BCUT2D eigenvalue weighted by molar-refractivity contribution is -0.385. The molecule has 15 nitrogen and oxygen atoms in total. The Bertz CT molecular complexity index is 1570. The SMILES string of the molecule is CC(C)[C@H](NC(=O)CCCCCN1C(=O)C=CC1=O)C(=O)N[C@@H](C)C(=O)c1c([N+](=O)[O-])ccc(OC(=O)O)c1Cc1ccc(N)cc1. The monoisotopic (exact) mass is 651 g/mol. The summed E-state index contributed by atoms with van der Waals surface area (Å²) in [4.78, 5) is 86.8. The number of ether oxygens (including phenoxy) is 1. The third-order valence-corrected chi connectivity index (χ3v) is 7.45. The summed E-state index contributed by atoms with van der Waals surface area (Å²) in [6, 6.07) is 6.05. The molecule has 2 aromatic carbocycles. The lowest BCUT2D eigenvalue weighted by Gasteiger charge is -2.24. The van der Waals surface area contributed by atoms with E-state index in [2.05, 4.69) is 10.6 Å². The second-order valence-corrected chi connectivity index (χ2v) is 11.3. The Balaban J connectivity index is 1.73. The number of carbonyl (C=O) groups excluding carboxylic acids is 5. The molecule has 2 atom stereocenters. The van der Waals surface area contributed by atoms with Gasteiger partial charge < -0.3 is 26.2 Å². The first-order chi connectivity index (χ1) is 22.2.